The van der Waals surface area contributed by atoms with E-state index in [-0.39, 0.29) is 36.3 Å². The van der Waals surface area contributed by atoms with Crippen LogP contribution in [0, 0.1) is 11.8 Å². The molecule has 4 atom stereocenters. The van der Waals surface area contributed by atoms with Gasteiger partial charge in [-0.05, 0) is 67.7 Å². The van der Waals surface area contributed by atoms with Crippen LogP contribution in [-0.4, -0.2) is 75.6 Å². The Bertz CT molecular complexity index is 1540. The number of rotatable bonds is 5. The van der Waals surface area contributed by atoms with Gasteiger partial charge in [0, 0.05) is 23.6 Å². The second-order valence-corrected chi connectivity index (χ2v) is 10.7. The number of methoxy groups -OCH3 is 1. The van der Waals surface area contributed by atoms with Crippen LogP contribution in [0.5, 0.6) is 11.5 Å². The Morgan fingerprint density at radius 3 is 2.45 bits per heavy atom. The topological polar surface area (TPSA) is 197 Å². The van der Waals surface area contributed by atoms with Crippen LogP contribution in [0.4, 0.5) is 0 Å². The number of carbonyl (C=O) groups is 3. The average Bonchev–Trinajstić information content (AvgIpc) is 2.90. The molecule has 0 saturated carbocycles. The van der Waals surface area contributed by atoms with Crippen LogP contribution >= 0.6 is 0 Å². The molecule has 210 valence electrons. The van der Waals surface area contributed by atoms with E-state index in [1.165, 1.54) is 18.1 Å². The minimum atomic E-state index is -2.68. The SMILES string of the molecule is COc1ccc(-c2ccc(O)c3c2C[C@H]2C[C@H]4[C@@H](N(C)C)C(O)=C(C(N)=O)C(=O)[C@@]4(O)C(O)=C2C3=O)cc1CN. The van der Waals surface area contributed by atoms with E-state index in [1.54, 1.807) is 26.2 Å². The number of benzene rings is 2. The number of hydrogen-bond donors (Lipinski definition) is 6. The predicted octanol–water partition coefficient (Wildman–Crippen LogP) is 1.25. The fourth-order valence-corrected chi connectivity index (χ4v) is 6.63. The maximum atomic E-state index is 13.9. The number of aromatic hydroxyl groups is 1. The number of nitrogens with two attached hydrogens (primary N) is 2. The molecule has 40 heavy (non-hydrogen) atoms. The summed E-state index contributed by atoms with van der Waals surface area (Å²) in [4.78, 5) is 40.9. The lowest BCUT2D eigenvalue weighted by atomic mass is 9.58. The maximum Gasteiger partial charge on any atom is 0.255 e. The molecule has 0 spiro atoms. The van der Waals surface area contributed by atoms with Crippen molar-refractivity contribution in [3.05, 3.63) is 69.7 Å². The molecular weight excluding hydrogens is 518 g/mol. The van der Waals surface area contributed by atoms with E-state index < -0.39 is 58.0 Å². The molecule has 0 radical (unpaired) electrons. The first-order chi connectivity index (χ1) is 18.9. The molecule has 2 aromatic rings. The normalized spacial score (nSPS) is 26.0. The molecule has 11 nitrogen and oxygen atoms in total. The predicted molar refractivity (Wildman–Crippen MR) is 144 cm³/mol. The van der Waals surface area contributed by atoms with Gasteiger partial charge in [0.05, 0.1) is 18.7 Å². The zero-order valence-corrected chi connectivity index (χ0v) is 22.3. The zero-order chi connectivity index (χ0) is 29.3. The number of phenolic OH excluding ortho intramolecular Hbond substituents is 1. The van der Waals surface area contributed by atoms with Crippen LogP contribution < -0.4 is 16.2 Å². The highest BCUT2D eigenvalue weighted by molar-refractivity contribution is 6.24. The number of nitrogens with zero attached hydrogens (tertiary/aromatic N) is 1. The van der Waals surface area contributed by atoms with Crippen molar-refractivity contribution in [2.24, 2.45) is 23.3 Å². The van der Waals surface area contributed by atoms with Crippen molar-refractivity contribution in [3.8, 4) is 22.6 Å². The van der Waals surface area contributed by atoms with Gasteiger partial charge in [0.15, 0.2) is 11.4 Å². The van der Waals surface area contributed by atoms with Gasteiger partial charge in [-0.3, -0.25) is 19.3 Å². The van der Waals surface area contributed by atoms with E-state index in [0.29, 0.717) is 16.9 Å². The van der Waals surface area contributed by atoms with Crippen molar-refractivity contribution in [1.82, 2.24) is 4.90 Å². The summed E-state index contributed by atoms with van der Waals surface area (Å²) in [5.41, 5.74) is 10.2. The monoisotopic (exact) mass is 549 g/mol. The molecule has 0 saturated heterocycles. The summed E-state index contributed by atoms with van der Waals surface area (Å²) in [6.07, 6.45) is 0.194. The molecule has 0 unspecified atom stereocenters. The molecule has 0 fully saturated rings. The molecule has 2 aromatic carbocycles. The number of likely N-dealkylation sites (N-methyl/N-ethyl adjacent to an activating group) is 1. The molecule has 3 aliphatic rings. The van der Waals surface area contributed by atoms with E-state index in [9.17, 15) is 34.8 Å². The van der Waals surface area contributed by atoms with Crippen molar-refractivity contribution in [3.63, 3.8) is 0 Å². The van der Waals surface area contributed by atoms with Crippen LogP contribution in [-0.2, 0) is 22.6 Å². The van der Waals surface area contributed by atoms with Gasteiger partial charge in [-0.25, -0.2) is 0 Å². The number of ketones is 2. The van der Waals surface area contributed by atoms with E-state index in [0.717, 1.165) is 11.1 Å². The Morgan fingerprint density at radius 1 is 1.15 bits per heavy atom. The van der Waals surface area contributed by atoms with Gasteiger partial charge in [0.2, 0.25) is 5.78 Å². The number of aliphatic hydroxyl groups excluding tert-OH is 2. The summed E-state index contributed by atoms with van der Waals surface area (Å²) in [6.45, 7) is 0.212. The van der Waals surface area contributed by atoms with Gasteiger partial charge >= 0.3 is 0 Å². The number of carbonyl (C=O) groups excluding carboxylic acids is 3. The molecule has 0 bridgehead atoms. The molecule has 8 N–H and O–H groups in total. The van der Waals surface area contributed by atoms with Crippen LogP contribution in [0.25, 0.3) is 11.1 Å². The Morgan fingerprint density at radius 2 is 1.85 bits per heavy atom. The van der Waals surface area contributed by atoms with Crippen molar-refractivity contribution in [1.29, 1.82) is 0 Å². The molecule has 0 aliphatic heterocycles. The highest BCUT2D eigenvalue weighted by Gasteiger charge is 2.63. The first kappa shape index (κ1) is 27.4. The van der Waals surface area contributed by atoms with E-state index in [1.807, 2.05) is 12.1 Å². The van der Waals surface area contributed by atoms with Gasteiger partial charge < -0.3 is 36.6 Å². The average molecular weight is 550 g/mol. The number of Topliss-reactive ketones (excluding diaryl/α,β-unsaturated/α-hetero) is 2. The van der Waals surface area contributed by atoms with Gasteiger partial charge in [-0.15, -0.1) is 0 Å². The van der Waals surface area contributed by atoms with E-state index >= 15 is 0 Å². The smallest absolute Gasteiger partial charge is 0.255 e. The van der Waals surface area contributed by atoms with Gasteiger partial charge in [0.1, 0.15) is 28.6 Å². The van der Waals surface area contributed by atoms with Gasteiger partial charge in [-0.1, -0.05) is 12.1 Å². The highest BCUT2D eigenvalue weighted by Crippen LogP contribution is 2.53. The second-order valence-electron chi connectivity index (χ2n) is 10.7. The summed E-state index contributed by atoms with van der Waals surface area (Å²) in [6, 6.07) is 7.43. The Hall–Kier alpha value is -4.19. The quantitative estimate of drug-likeness (QED) is 0.295. The number of hydrogen-bond acceptors (Lipinski definition) is 10. The van der Waals surface area contributed by atoms with Crippen molar-refractivity contribution in [2.45, 2.75) is 31.0 Å². The Balaban J connectivity index is 1.71. The summed E-state index contributed by atoms with van der Waals surface area (Å²) in [5.74, 6) is -6.25. The third-order valence-electron chi connectivity index (χ3n) is 8.42. The number of primary amides is 1. The molecule has 3 aliphatic carbocycles. The highest BCUT2D eigenvalue weighted by atomic mass is 16.5. The minimum Gasteiger partial charge on any atom is -0.510 e. The van der Waals surface area contributed by atoms with Gasteiger partial charge in [0.25, 0.3) is 5.91 Å². The summed E-state index contributed by atoms with van der Waals surface area (Å²) >= 11 is 0. The number of aliphatic hydroxyl groups is 3. The molecule has 11 heteroatoms. The first-order valence-electron chi connectivity index (χ1n) is 12.7. The summed E-state index contributed by atoms with van der Waals surface area (Å²) < 4.78 is 5.37. The number of amides is 1. The number of ether oxygens (including phenoxy) is 1. The maximum absolute atomic E-state index is 13.9. The largest absolute Gasteiger partial charge is 0.510 e. The number of phenols is 1. The molecular formula is C29H31N3O8. The fourth-order valence-electron chi connectivity index (χ4n) is 6.63. The zero-order valence-electron chi connectivity index (χ0n) is 22.3. The van der Waals surface area contributed by atoms with Crippen LogP contribution in [0.2, 0.25) is 0 Å². The Kier molecular flexibility index (Phi) is 6.48. The van der Waals surface area contributed by atoms with Crippen molar-refractivity contribution in [2.75, 3.05) is 21.2 Å². The lowest BCUT2D eigenvalue weighted by Gasteiger charge is -2.50. The number of fused-ring (bicyclic) bond motifs is 3. The number of allylic oxidation sites excluding steroid dienone is 1. The van der Waals surface area contributed by atoms with Crippen LogP contribution in [0.3, 0.4) is 0 Å². The van der Waals surface area contributed by atoms with Crippen molar-refractivity contribution >= 4 is 17.5 Å². The van der Waals surface area contributed by atoms with Crippen LogP contribution in [0.1, 0.15) is 27.9 Å². The van der Waals surface area contributed by atoms with E-state index in [4.69, 9.17) is 16.2 Å². The third-order valence-corrected chi connectivity index (χ3v) is 8.42. The third kappa shape index (κ3) is 3.65. The van der Waals surface area contributed by atoms with Crippen molar-refractivity contribution < 1.29 is 39.5 Å². The van der Waals surface area contributed by atoms with E-state index in [2.05, 4.69) is 0 Å². The lowest BCUT2D eigenvalue weighted by molar-refractivity contribution is -0.148. The molecule has 0 heterocycles. The molecule has 0 aromatic heterocycles. The van der Waals surface area contributed by atoms with Gasteiger partial charge in [-0.2, -0.15) is 0 Å². The molecule has 5 rings (SSSR count). The molecule has 1 amide bonds. The fraction of sp³-hybridized carbons (Fsp3) is 0.345. The standard InChI is InChI=1S/C29H31N3O8/c1-32(2)23-17-10-13-9-16-15(12-4-7-19(40-3)14(8-12)11-30)5-6-18(33)21(16)24(34)20(13)26(36)29(17,39)27(37)22(25(23)35)28(31)38/h4-8,13,17,23,33,35-36,39H,9-11,30H2,1-3H3,(H2,31,38)/t13-,17-,23+,29-/m0/s1. The van der Waals surface area contributed by atoms with Crippen LogP contribution in [0.15, 0.2) is 53.0 Å². The second kappa shape index (κ2) is 9.47. The first-order valence-corrected chi connectivity index (χ1v) is 12.7. The summed E-state index contributed by atoms with van der Waals surface area (Å²) in [7, 11) is 4.71. The Labute approximate surface area is 230 Å². The lowest BCUT2D eigenvalue weighted by Crippen LogP contribution is -2.63. The summed E-state index contributed by atoms with van der Waals surface area (Å²) in [5, 5.41) is 44.8. The minimum absolute atomic E-state index is 0.0114.